The number of ether oxygens (including phenoxy) is 1. The lowest BCUT2D eigenvalue weighted by atomic mass is 10.6. The average Bonchev–Trinajstić information content (AvgIpc) is 1.66. The van der Waals surface area contributed by atoms with E-state index in [1.807, 2.05) is 6.92 Å². The van der Waals surface area contributed by atoms with Gasteiger partial charge in [-0.3, -0.25) is 4.79 Å². The molecule has 0 aromatic heterocycles. The lowest BCUT2D eigenvalue weighted by molar-refractivity contribution is -0.127. The van der Waals surface area contributed by atoms with Crippen molar-refractivity contribution in [3.63, 3.8) is 0 Å². The van der Waals surface area contributed by atoms with Gasteiger partial charge in [0, 0.05) is 0 Å². The standard InChI is InChI=1S/C5H7BrO2/c1-5(6)2-3-8-4-7/h2,4H,3H2,1H3/b5-2-. The van der Waals surface area contributed by atoms with Gasteiger partial charge in [0.15, 0.2) is 0 Å². The number of halogens is 1. The van der Waals surface area contributed by atoms with E-state index in [1.165, 1.54) is 0 Å². The monoisotopic (exact) mass is 178 g/mol. The molecule has 8 heavy (non-hydrogen) atoms. The molecular weight excluding hydrogens is 172 g/mol. The maximum atomic E-state index is 9.52. The van der Waals surface area contributed by atoms with Gasteiger partial charge in [0.2, 0.25) is 0 Å². The summed E-state index contributed by atoms with van der Waals surface area (Å²) in [7, 11) is 0. The minimum atomic E-state index is 0.348. The van der Waals surface area contributed by atoms with Crippen LogP contribution < -0.4 is 0 Å². The fourth-order valence-corrected chi connectivity index (χ4v) is 0.334. The van der Waals surface area contributed by atoms with Gasteiger partial charge in [-0.2, -0.15) is 0 Å². The summed E-state index contributed by atoms with van der Waals surface area (Å²) in [6.07, 6.45) is 1.76. The molecule has 0 unspecified atom stereocenters. The second-order valence-corrected chi connectivity index (χ2v) is 2.47. The Morgan fingerprint density at radius 3 is 2.88 bits per heavy atom. The van der Waals surface area contributed by atoms with Crippen LogP contribution >= 0.6 is 15.9 Å². The molecule has 0 radical (unpaired) electrons. The zero-order valence-electron chi connectivity index (χ0n) is 4.56. The molecule has 0 amide bonds. The molecule has 0 aromatic rings. The predicted molar refractivity (Wildman–Crippen MR) is 34.7 cm³/mol. The van der Waals surface area contributed by atoms with Gasteiger partial charge < -0.3 is 4.74 Å². The van der Waals surface area contributed by atoms with Crippen molar-refractivity contribution in [1.29, 1.82) is 0 Å². The molecule has 0 aromatic carbocycles. The van der Waals surface area contributed by atoms with Crippen LogP contribution in [0.25, 0.3) is 0 Å². The van der Waals surface area contributed by atoms with E-state index in [4.69, 9.17) is 0 Å². The molecular formula is C5H7BrO2. The lowest BCUT2D eigenvalue weighted by Gasteiger charge is -1.87. The fourth-order valence-electron chi connectivity index (χ4n) is 0.202. The van der Waals surface area contributed by atoms with Crippen molar-refractivity contribution in [2.75, 3.05) is 6.61 Å². The number of hydrogen-bond donors (Lipinski definition) is 0. The van der Waals surface area contributed by atoms with Gasteiger partial charge in [-0.15, -0.1) is 0 Å². The first-order chi connectivity index (χ1) is 3.77. The molecule has 2 nitrogen and oxygen atoms in total. The van der Waals surface area contributed by atoms with Crippen LogP contribution in [0.15, 0.2) is 10.6 Å². The van der Waals surface area contributed by atoms with Gasteiger partial charge >= 0.3 is 0 Å². The highest BCUT2D eigenvalue weighted by Gasteiger charge is 1.77. The van der Waals surface area contributed by atoms with Crippen molar-refractivity contribution in [3.05, 3.63) is 10.6 Å². The third-order valence-corrected chi connectivity index (χ3v) is 0.853. The van der Waals surface area contributed by atoms with Gasteiger partial charge in [-0.1, -0.05) is 15.9 Å². The first kappa shape index (κ1) is 7.69. The summed E-state index contributed by atoms with van der Waals surface area (Å²) < 4.78 is 5.33. The van der Waals surface area contributed by atoms with Crippen LogP contribution in [0, 0.1) is 0 Å². The van der Waals surface area contributed by atoms with Crippen LogP contribution in [0.3, 0.4) is 0 Å². The van der Waals surface area contributed by atoms with Crippen LogP contribution in [0.2, 0.25) is 0 Å². The Bertz CT molecular complexity index is 94.6. The summed E-state index contributed by atoms with van der Waals surface area (Å²) in [6.45, 7) is 2.64. The summed E-state index contributed by atoms with van der Waals surface area (Å²) >= 11 is 3.17. The van der Waals surface area contributed by atoms with E-state index in [0.29, 0.717) is 13.1 Å². The van der Waals surface area contributed by atoms with Crippen molar-refractivity contribution < 1.29 is 9.53 Å². The highest BCUT2D eigenvalue weighted by Crippen LogP contribution is 1.99. The van der Waals surface area contributed by atoms with E-state index >= 15 is 0 Å². The third kappa shape index (κ3) is 5.69. The van der Waals surface area contributed by atoms with Crippen LogP contribution in [-0.2, 0) is 9.53 Å². The van der Waals surface area contributed by atoms with E-state index in [9.17, 15) is 4.79 Å². The van der Waals surface area contributed by atoms with E-state index in [1.54, 1.807) is 6.08 Å². The molecule has 3 heteroatoms. The molecule has 0 spiro atoms. The summed E-state index contributed by atoms with van der Waals surface area (Å²) in [6, 6.07) is 0. The maximum Gasteiger partial charge on any atom is 0.293 e. The Morgan fingerprint density at radius 2 is 2.50 bits per heavy atom. The van der Waals surface area contributed by atoms with Gasteiger partial charge in [0.1, 0.15) is 6.61 Å². The van der Waals surface area contributed by atoms with Crippen LogP contribution in [0.4, 0.5) is 0 Å². The Labute approximate surface area is 56.7 Å². The molecule has 0 aliphatic carbocycles. The van der Waals surface area contributed by atoms with Crippen molar-refractivity contribution in [1.82, 2.24) is 0 Å². The van der Waals surface area contributed by atoms with Crippen LogP contribution in [-0.4, -0.2) is 13.1 Å². The first-order valence-electron chi connectivity index (χ1n) is 2.15. The van der Waals surface area contributed by atoms with Crippen LogP contribution in [0.1, 0.15) is 6.92 Å². The molecule has 0 N–H and O–H groups in total. The maximum absolute atomic E-state index is 9.52. The predicted octanol–water partition coefficient (Wildman–Crippen LogP) is 1.46. The molecule has 0 aliphatic rings. The lowest BCUT2D eigenvalue weighted by Crippen LogP contribution is -1.85. The fraction of sp³-hybridized carbons (Fsp3) is 0.400. The van der Waals surface area contributed by atoms with Gasteiger partial charge in [-0.05, 0) is 17.5 Å². The summed E-state index contributed by atoms with van der Waals surface area (Å²) in [5.74, 6) is 0. The summed E-state index contributed by atoms with van der Waals surface area (Å²) in [5.41, 5.74) is 0. The molecule has 0 heterocycles. The number of rotatable bonds is 3. The summed E-state index contributed by atoms with van der Waals surface area (Å²) in [4.78, 5) is 9.52. The molecule has 0 saturated heterocycles. The highest BCUT2D eigenvalue weighted by molar-refractivity contribution is 9.11. The SMILES string of the molecule is C/C(Br)=C/COC=O. The van der Waals surface area contributed by atoms with E-state index in [2.05, 4.69) is 20.7 Å². The summed E-state index contributed by atoms with van der Waals surface area (Å²) in [5, 5.41) is 0. The molecule has 46 valence electrons. The highest BCUT2D eigenvalue weighted by atomic mass is 79.9. The van der Waals surface area contributed by atoms with Crippen LogP contribution in [0.5, 0.6) is 0 Å². The second kappa shape index (κ2) is 4.84. The van der Waals surface area contributed by atoms with Crippen molar-refractivity contribution >= 4 is 22.4 Å². The van der Waals surface area contributed by atoms with Gasteiger partial charge in [0.05, 0.1) is 0 Å². The molecule has 0 atom stereocenters. The van der Waals surface area contributed by atoms with Gasteiger partial charge in [-0.25, -0.2) is 0 Å². The minimum absolute atomic E-state index is 0.348. The Balaban J connectivity index is 3.15. The van der Waals surface area contributed by atoms with Crippen molar-refractivity contribution in [2.45, 2.75) is 6.92 Å². The number of allylic oxidation sites excluding steroid dienone is 1. The number of hydrogen-bond acceptors (Lipinski definition) is 2. The molecule has 0 aliphatic heterocycles. The Morgan fingerprint density at radius 1 is 1.88 bits per heavy atom. The first-order valence-corrected chi connectivity index (χ1v) is 2.94. The Hall–Kier alpha value is -0.310. The molecule has 0 rings (SSSR count). The normalized spacial score (nSPS) is 11.0. The minimum Gasteiger partial charge on any atom is -0.464 e. The molecule has 0 fully saturated rings. The molecule has 0 bridgehead atoms. The largest absolute Gasteiger partial charge is 0.464 e. The number of carbonyl (C=O) groups is 1. The number of carbonyl (C=O) groups excluding carboxylic acids is 1. The second-order valence-electron chi connectivity index (χ2n) is 1.22. The quantitative estimate of drug-likeness (QED) is 0.484. The van der Waals surface area contributed by atoms with E-state index in [0.717, 1.165) is 4.48 Å². The molecule has 0 saturated carbocycles. The van der Waals surface area contributed by atoms with E-state index < -0.39 is 0 Å². The zero-order chi connectivity index (χ0) is 6.41. The van der Waals surface area contributed by atoms with Gasteiger partial charge in [0.25, 0.3) is 6.47 Å². The van der Waals surface area contributed by atoms with Crippen molar-refractivity contribution in [2.24, 2.45) is 0 Å². The third-order valence-electron chi connectivity index (χ3n) is 0.529. The van der Waals surface area contributed by atoms with Crippen molar-refractivity contribution in [3.8, 4) is 0 Å². The zero-order valence-corrected chi connectivity index (χ0v) is 6.14. The average molecular weight is 179 g/mol. The smallest absolute Gasteiger partial charge is 0.293 e. The van der Waals surface area contributed by atoms with E-state index in [-0.39, 0.29) is 0 Å². The Kier molecular flexibility index (Phi) is 4.65. The topological polar surface area (TPSA) is 26.3 Å².